The first-order valence-corrected chi connectivity index (χ1v) is 13.9. The van der Waals surface area contributed by atoms with Gasteiger partial charge < -0.3 is 4.98 Å². The van der Waals surface area contributed by atoms with Gasteiger partial charge in [-0.25, -0.2) is 9.98 Å². The lowest BCUT2D eigenvalue weighted by molar-refractivity contribution is 0.464. The fourth-order valence-corrected chi connectivity index (χ4v) is 6.36. The van der Waals surface area contributed by atoms with Gasteiger partial charge in [0.2, 0.25) is 0 Å². The number of H-pyrrole nitrogens is 1. The van der Waals surface area contributed by atoms with Crippen LogP contribution in [0, 0.1) is 0 Å². The van der Waals surface area contributed by atoms with Crippen molar-refractivity contribution in [2.45, 2.75) is 44.9 Å². The van der Waals surface area contributed by atoms with E-state index in [0.29, 0.717) is 10.0 Å². The average Bonchev–Trinajstić information content (AvgIpc) is 3.70. The Hall–Kier alpha value is -3.47. The maximum absolute atomic E-state index is 6.68. The molecule has 1 N–H and O–H groups in total. The molecule has 6 heteroatoms. The Balaban J connectivity index is 1.59. The quantitative estimate of drug-likeness (QED) is 0.395. The lowest BCUT2D eigenvalue weighted by atomic mass is 9.72. The third-order valence-corrected chi connectivity index (χ3v) is 8.01. The maximum atomic E-state index is 6.68. The van der Waals surface area contributed by atoms with E-state index in [1.165, 1.54) is 5.69 Å². The second-order valence-electron chi connectivity index (χ2n) is 9.94. The zero-order chi connectivity index (χ0) is 26.3. The van der Waals surface area contributed by atoms with Crippen molar-refractivity contribution in [3.63, 3.8) is 0 Å². The second kappa shape index (κ2) is 10.0. The van der Waals surface area contributed by atoms with Crippen LogP contribution in [0.4, 0.5) is 0 Å². The Kier molecular flexibility index (Phi) is 6.55. The topological polar surface area (TPSA) is 52.9 Å². The first-order chi connectivity index (χ1) is 18.5. The SMILES string of the molecule is CCCC1(CCC)C2=N/C(=C\C3=NC(=C(/c4c(Cl)cccc4Cl)C4=N/C(=C\c5ccc1[nH]5)C=C4)/C=C3)C=C2. The molecule has 0 atom stereocenters. The Morgan fingerprint density at radius 2 is 1.50 bits per heavy atom. The number of fused-ring (bicyclic) bond motifs is 5. The summed E-state index contributed by atoms with van der Waals surface area (Å²) in [5, 5.41) is 1.12. The van der Waals surface area contributed by atoms with E-state index in [2.05, 4.69) is 49.2 Å². The van der Waals surface area contributed by atoms with Gasteiger partial charge in [-0.1, -0.05) is 56.0 Å². The normalized spacial score (nSPS) is 23.6. The molecule has 5 heterocycles. The summed E-state index contributed by atoms with van der Waals surface area (Å²) in [6.45, 7) is 4.49. The van der Waals surface area contributed by atoms with Crippen molar-refractivity contribution in [3.8, 4) is 0 Å². The number of aromatic nitrogens is 1. The van der Waals surface area contributed by atoms with Gasteiger partial charge in [0.15, 0.2) is 0 Å². The molecule has 1 aromatic carbocycles. The highest BCUT2D eigenvalue weighted by atomic mass is 35.5. The van der Waals surface area contributed by atoms with Crippen LogP contribution in [0.25, 0.3) is 11.6 Å². The van der Waals surface area contributed by atoms with Crippen molar-refractivity contribution in [1.82, 2.24) is 4.98 Å². The van der Waals surface area contributed by atoms with Crippen LogP contribution < -0.4 is 0 Å². The van der Waals surface area contributed by atoms with E-state index in [9.17, 15) is 0 Å². The predicted octanol–water partition coefficient (Wildman–Crippen LogP) is 8.84. The molecule has 0 radical (unpaired) electrons. The van der Waals surface area contributed by atoms with Crippen molar-refractivity contribution in [3.05, 3.63) is 117 Å². The summed E-state index contributed by atoms with van der Waals surface area (Å²) in [7, 11) is 0. The number of aliphatic imine (C=N–C) groups is 3. The number of hydrogen-bond acceptors (Lipinski definition) is 3. The second-order valence-corrected chi connectivity index (χ2v) is 10.7. The molecule has 4 aliphatic heterocycles. The minimum atomic E-state index is -0.171. The third-order valence-electron chi connectivity index (χ3n) is 7.38. The molecule has 2 aromatic rings. The summed E-state index contributed by atoms with van der Waals surface area (Å²) >= 11 is 13.4. The highest BCUT2D eigenvalue weighted by Gasteiger charge is 2.37. The third kappa shape index (κ3) is 4.32. The number of benzene rings is 1. The summed E-state index contributed by atoms with van der Waals surface area (Å²) in [4.78, 5) is 18.8. The zero-order valence-electron chi connectivity index (χ0n) is 21.4. The van der Waals surface area contributed by atoms with Crippen LogP contribution in [0.2, 0.25) is 10.0 Å². The maximum Gasteiger partial charge on any atom is 0.0738 e. The highest BCUT2D eigenvalue weighted by Crippen LogP contribution is 2.40. The van der Waals surface area contributed by atoms with Crippen molar-refractivity contribution < 1.29 is 0 Å². The molecule has 4 aliphatic rings. The summed E-state index contributed by atoms with van der Waals surface area (Å²) in [6, 6.07) is 9.88. The standard InChI is InChI=1S/C32H28Cl2N4/c1-3-16-32(17-4-2)28-14-10-22(37-28)18-20-8-12-26(35-20)31(30-24(33)6-5-7-25(30)34)27-13-9-21(36-27)19-23-11-15-29(32)38-23/h5-15,18-19,37H,3-4,16-17H2,1-2H3/b20-18-,23-19-,31-27+. The fourth-order valence-electron chi connectivity index (χ4n) is 5.77. The van der Waals surface area contributed by atoms with E-state index in [1.54, 1.807) is 0 Å². The molecule has 0 spiro atoms. The van der Waals surface area contributed by atoms with Crippen LogP contribution in [0.3, 0.4) is 0 Å². The summed E-state index contributed by atoms with van der Waals surface area (Å²) in [5.41, 5.74) is 8.79. The first-order valence-electron chi connectivity index (χ1n) is 13.1. The Morgan fingerprint density at radius 3 is 2.26 bits per heavy atom. The van der Waals surface area contributed by atoms with E-state index >= 15 is 0 Å². The minimum Gasteiger partial charge on any atom is -0.358 e. The molecule has 0 saturated heterocycles. The zero-order valence-corrected chi connectivity index (χ0v) is 22.9. The monoisotopic (exact) mass is 538 g/mol. The van der Waals surface area contributed by atoms with Gasteiger partial charge in [0.1, 0.15) is 0 Å². The van der Waals surface area contributed by atoms with E-state index in [4.69, 9.17) is 38.2 Å². The predicted molar refractivity (Wildman–Crippen MR) is 161 cm³/mol. The van der Waals surface area contributed by atoms with Crippen molar-refractivity contribution in [2.24, 2.45) is 15.0 Å². The van der Waals surface area contributed by atoms with Gasteiger partial charge in [-0.2, -0.15) is 0 Å². The van der Waals surface area contributed by atoms with Crippen molar-refractivity contribution in [2.75, 3.05) is 0 Å². The van der Waals surface area contributed by atoms with Crippen LogP contribution in [0.15, 0.2) is 105 Å². The lowest BCUT2D eigenvalue weighted by Crippen LogP contribution is -2.34. The van der Waals surface area contributed by atoms with Gasteiger partial charge in [-0.05, 0) is 85.7 Å². The Morgan fingerprint density at radius 1 is 0.763 bits per heavy atom. The van der Waals surface area contributed by atoms with Gasteiger partial charge in [-0.15, -0.1) is 0 Å². The number of nitrogens with one attached hydrogen (secondary N) is 1. The largest absolute Gasteiger partial charge is 0.358 e. The molecule has 190 valence electrons. The molecule has 0 saturated carbocycles. The van der Waals surface area contributed by atoms with E-state index in [1.807, 2.05) is 48.6 Å². The van der Waals surface area contributed by atoms with Crippen LogP contribution in [0.5, 0.6) is 0 Å². The smallest absolute Gasteiger partial charge is 0.0738 e. The number of hydrogen-bond donors (Lipinski definition) is 1. The average molecular weight is 540 g/mol. The van der Waals surface area contributed by atoms with Gasteiger partial charge in [0, 0.05) is 22.5 Å². The van der Waals surface area contributed by atoms with E-state index in [-0.39, 0.29) is 5.41 Å². The molecule has 0 aliphatic carbocycles. The Bertz CT molecular complexity index is 1570. The number of aromatic amines is 1. The van der Waals surface area contributed by atoms with Crippen molar-refractivity contribution >= 4 is 52.0 Å². The lowest BCUT2D eigenvalue weighted by Gasteiger charge is -2.32. The molecule has 4 nitrogen and oxygen atoms in total. The molecule has 38 heavy (non-hydrogen) atoms. The molecule has 0 unspecified atom stereocenters. The van der Waals surface area contributed by atoms with Crippen LogP contribution in [-0.2, 0) is 5.41 Å². The van der Waals surface area contributed by atoms with Crippen LogP contribution in [-0.4, -0.2) is 22.1 Å². The molecule has 1 aromatic heterocycles. The van der Waals surface area contributed by atoms with Crippen LogP contribution in [0.1, 0.15) is 56.5 Å². The molecule has 0 amide bonds. The summed E-state index contributed by atoms with van der Waals surface area (Å²) in [6.07, 6.45) is 20.6. The van der Waals surface area contributed by atoms with Gasteiger partial charge in [-0.3, -0.25) is 4.99 Å². The molecular formula is C32H28Cl2N4. The molecule has 0 fully saturated rings. The molecular weight excluding hydrogens is 511 g/mol. The Labute approximate surface area is 233 Å². The summed E-state index contributed by atoms with van der Waals surface area (Å²) in [5.74, 6) is 0. The van der Waals surface area contributed by atoms with Crippen molar-refractivity contribution in [1.29, 1.82) is 0 Å². The van der Waals surface area contributed by atoms with Crippen LogP contribution >= 0.6 is 23.2 Å². The van der Waals surface area contributed by atoms with E-state index in [0.717, 1.165) is 76.7 Å². The molecule has 8 bridgehead atoms. The van der Waals surface area contributed by atoms with Gasteiger partial charge in [0.25, 0.3) is 0 Å². The highest BCUT2D eigenvalue weighted by molar-refractivity contribution is 6.43. The van der Waals surface area contributed by atoms with Gasteiger partial charge in [0.05, 0.1) is 49.7 Å². The number of nitrogens with zero attached hydrogens (tertiary/aromatic N) is 3. The fraction of sp³-hybridized carbons (Fsp3) is 0.219. The number of allylic oxidation sites excluding steroid dienone is 8. The number of halogens is 2. The first kappa shape index (κ1) is 24.8. The van der Waals surface area contributed by atoms with E-state index < -0.39 is 0 Å². The minimum absolute atomic E-state index is 0.171. The van der Waals surface area contributed by atoms with Gasteiger partial charge >= 0.3 is 0 Å². The number of rotatable bonds is 5. The summed E-state index contributed by atoms with van der Waals surface area (Å²) < 4.78 is 0. The molecule has 6 rings (SSSR count).